The molecule has 100 valence electrons. The van der Waals surface area contributed by atoms with Gasteiger partial charge in [-0.25, -0.2) is 8.78 Å². The van der Waals surface area contributed by atoms with Gasteiger partial charge in [-0.15, -0.1) is 10.2 Å². The highest BCUT2D eigenvalue weighted by atomic mass is 19.1. The summed E-state index contributed by atoms with van der Waals surface area (Å²) in [5.74, 6) is -2.49. The summed E-state index contributed by atoms with van der Waals surface area (Å²) in [6, 6.07) is 2.00. The van der Waals surface area contributed by atoms with Crippen LogP contribution in [0, 0.1) is 11.6 Å². The number of aromatic nitrogens is 3. The number of nitrogens with zero attached hydrogens (tertiary/aromatic N) is 3. The van der Waals surface area contributed by atoms with Gasteiger partial charge >= 0.3 is 0 Å². The number of nitrogen functional groups attached to an aromatic ring is 1. The quantitative estimate of drug-likeness (QED) is 0.798. The smallest absolute Gasteiger partial charge is 0.257 e. The molecule has 2 aromatic rings. The number of rotatable bonds is 3. The molecule has 2 rings (SSSR count). The van der Waals surface area contributed by atoms with Crippen molar-refractivity contribution in [2.75, 3.05) is 5.73 Å². The minimum atomic E-state index is -1.07. The zero-order valence-electron chi connectivity index (χ0n) is 10.0. The van der Waals surface area contributed by atoms with Crippen molar-refractivity contribution < 1.29 is 13.6 Å². The van der Waals surface area contributed by atoms with Gasteiger partial charge < -0.3 is 15.6 Å². The molecule has 0 aliphatic carbocycles. The van der Waals surface area contributed by atoms with Crippen molar-refractivity contribution in [3.63, 3.8) is 0 Å². The number of nitrogens with two attached hydrogens (primary N) is 1. The molecule has 3 N–H and O–H groups in total. The normalized spacial score (nSPS) is 10.5. The van der Waals surface area contributed by atoms with Crippen LogP contribution in [0.25, 0.3) is 0 Å². The topological polar surface area (TPSA) is 85.8 Å². The lowest BCUT2D eigenvalue weighted by Gasteiger charge is -2.08. The minimum absolute atomic E-state index is 0.00299. The standard InChI is InChI=1S/C11H11F2N5O/c1-18-5-16-17-8(18)4-15-11(19)9-6(12)2-3-7(14)10(9)13/h2-3,5H,4,14H2,1H3,(H,15,19). The largest absolute Gasteiger partial charge is 0.396 e. The van der Waals surface area contributed by atoms with Crippen LogP contribution in [0.3, 0.4) is 0 Å². The number of benzene rings is 1. The third-order valence-electron chi connectivity index (χ3n) is 2.56. The molecular formula is C11H11F2N5O. The van der Waals surface area contributed by atoms with E-state index in [0.29, 0.717) is 5.82 Å². The number of carbonyl (C=O) groups is 1. The average molecular weight is 267 g/mol. The van der Waals surface area contributed by atoms with Crippen molar-refractivity contribution in [3.8, 4) is 0 Å². The molecular weight excluding hydrogens is 256 g/mol. The Morgan fingerprint density at radius 1 is 1.47 bits per heavy atom. The highest BCUT2D eigenvalue weighted by Gasteiger charge is 2.19. The van der Waals surface area contributed by atoms with Crippen molar-refractivity contribution in [1.29, 1.82) is 0 Å². The summed E-state index contributed by atoms with van der Waals surface area (Å²) in [5, 5.41) is 9.70. The fourth-order valence-corrected chi connectivity index (χ4v) is 1.49. The van der Waals surface area contributed by atoms with Gasteiger partial charge in [0.15, 0.2) is 11.6 Å². The van der Waals surface area contributed by atoms with Crippen LogP contribution in [0.4, 0.5) is 14.5 Å². The molecule has 0 aliphatic heterocycles. The number of hydrogen-bond donors (Lipinski definition) is 2. The van der Waals surface area contributed by atoms with Gasteiger partial charge in [0.1, 0.15) is 17.7 Å². The monoisotopic (exact) mass is 267 g/mol. The van der Waals surface area contributed by atoms with Crippen LogP contribution in [-0.4, -0.2) is 20.7 Å². The van der Waals surface area contributed by atoms with Crippen LogP contribution in [-0.2, 0) is 13.6 Å². The van der Waals surface area contributed by atoms with E-state index in [4.69, 9.17) is 5.73 Å². The molecule has 8 heteroatoms. The van der Waals surface area contributed by atoms with E-state index in [0.717, 1.165) is 12.1 Å². The molecule has 0 bridgehead atoms. The molecule has 0 unspecified atom stereocenters. The average Bonchev–Trinajstić information content (AvgIpc) is 2.77. The Morgan fingerprint density at radius 3 is 2.84 bits per heavy atom. The molecule has 6 nitrogen and oxygen atoms in total. The van der Waals surface area contributed by atoms with Gasteiger partial charge in [-0.05, 0) is 12.1 Å². The molecule has 1 amide bonds. The maximum atomic E-state index is 13.6. The summed E-state index contributed by atoms with van der Waals surface area (Å²) < 4.78 is 28.6. The highest BCUT2D eigenvalue weighted by Crippen LogP contribution is 2.18. The van der Waals surface area contributed by atoms with Crippen LogP contribution >= 0.6 is 0 Å². The van der Waals surface area contributed by atoms with E-state index >= 15 is 0 Å². The van der Waals surface area contributed by atoms with E-state index in [1.54, 1.807) is 11.6 Å². The Bertz CT molecular complexity index is 626. The van der Waals surface area contributed by atoms with Crippen LogP contribution in [0.5, 0.6) is 0 Å². The Balaban J connectivity index is 2.17. The number of anilines is 1. The summed E-state index contributed by atoms with van der Waals surface area (Å²) in [6.07, 6.45) is 1.45. The van der Waals surface area contributed by atoms with Crippen LogP contribution < -0.4 is 11.1 Å². The second-order valence-electron chi connectivity index (χ2n) is 3.87. The van der Waals surface area contributed by atoms with Crippen molar-refractivity contribution in [2.45, 2.75) is 6.54 Å². The van der Waals surface area contributed by atoms with Crippen molar-refractivity contribution in [2.24, 2.45) is 7.05 Å². The van der Waals surface area contributed by atoms with E-state index in [2.05, 4.69) is 15.5 Å². The number of carbonyl (C=O) groups excluding carboxylic acids is 1. The summed E-state index contributed by atoms with van der Waals surface area (Å²) in [7, 11) is 1.68. The number of halogens is 2. The number of aryl methyl sites for hydroxylation is 1. The molecule has 0 atom stereocenters. The number of amides is 1. The van der Waals surface area contributed by atoms with Gasteiger partial charge in [-0.2, -0.15) is 0 Å². The third kappa shape index (κ3) is 2.51. The maximum Gasteiger partial charge on any atom is 0.257 e. The SMILES string of the molecule is Cn1cnnc1CNC(=O)c1c(F)ccc(N)c1F. The van der Waals surface area contributed by atoms with Crippen molar-refractivity contribution in [3.05, 3.63) is 41.5 Å². The van der Waals surface area contributed by atoms with Gasteiger partial charge in [0, 0.05) is 7.05 Å². The lowest BCUT2D eigenvalue weighted by molar-refractivity contribution is 0.0941. The Hall–Kier alpha value is -2.51. The fraction of sp³-hybridized carbons (Fsp3) is 0.182. The summed E-state index contributed by atoms with van der Waals surface area (Å²) in [5.41, 5.74) is 4.30. The van der Waals surface area contributed by atoms with Crippen LogP contribution in [0.15, 0.2) is 18.5 Å². The molecule has 0 aliphatic rings. The first-order valence-electron chi connectivity index (χ1n) is 5.35. The third-order valence-corrected chi connectivity index (χ3v) is 2.56. The Kier molecular flexibility index (Phi) is 3.41. The van der Waals surface area contributed by atoms with Crippen LogP contribution in [0.2, 0.25) is 0 Å². The second kappa shape index (κ2) is 5.01. The van der Waals surface area contributed by atoms with Gasteiger partial charge in [-0.1, -0.05) is 0 Å². The molecule has 0 saturated carbocycles. The summed E-state index contributed by atoms with van der Waals surface area (Å²) in [6.45, 7) is 0.00299. The molecule has 0 spiro atoms. The molecule has 1 aromatic carbocycles. The van der Waals surface area contributed by atoms with E-state index in [-0.39, 0.29) is 12.2 Å². The molecule has 1 aromatic heterocycles. The summed E-state index contributed by atoms with van der Waals surface area (Å²) >= 11 is 0. The first-order chi connectivity index (χ1) is 9.00. The van der Waals surface area contributed by atoms with Gasteiger partial charge in [-0.3, -0.25) is 4.79 Å². The first kappa shape index (κ1) is 12.9. The lowest BCUT2D eigenvalue weighted by Crippen LogP contribution is -2.26. The number of hydrogen-bond acceptors (Lipinski definition) is 4. The lowest BCUT2D eigenvalue weighted by atomic mass is 10.1. The Labute approximate surface area is 107 Å². The second-order valence-corrected chi connectivity index (χ2v) is 3.87. The predicted octanol–water partition coefficient (Wildman–Crippen LogP) is 0.605. The Morgan fingerprint density at radius 2 is 2.21 bits per heavy atom. The summed E-state index contributed by atoms with van der Waals surface area (Å²) in [4.78, 5) is 11.7. The van der Waals surface area contributed by atoms with Crippen molar-refractivity contribution >= 4 is 11.6 Å². The minimum Gasteiger partial charge on any atom is -0.396 e. The zero-order valence-corrected chi connectivity index (χ0v) is 10.0. The van der Waals surface area contributed by atoms with Crippen molar-refractivity contribution in [1.82, 2.24) is 20.1 Å². The zero-order chi connectivity index (χ0) is 14.0. The van der Waals surface area contributed by atoms with E-state index < -0.39 is 23.1 Å². The highest BCUT2D eigenvalue weighted by molar-refractivity contribution is 5.95. The molecule has 0 radical (unpaired) electrons. The van der Waals surface area contributed by atoms with Gasteiger partial charge in [0.05, 0.1) is 12.2 Å². The first-order valence-corrected chi connectivity index (χ1v) is 5.35. The molecule has 0 saturated heterocycles. The van der Waals surface area contributed by atoms with Gasteiger partial charge in [0.25, 0.3) is 5.91 Å². The fourth-order valence-electron chi connectivity index (χ4n) is 1.49. The predicted molar refractivity (Wildman–Crippen MR) is 62.9 cm³/mol. The molecule has 1 heterocycles. The van der Waals surface area contributed by atoms with E-state index in [1.165, 1.54) is 6.33 Å². The number of nitrogens with one attached hydrogen (secondary N) is 1. The van der Waals surface area contributed by atoms with Crippen LogP contribution in [0.1, 0.15) is 16.2 Å². The molecule has 0 fully saturated rings. The van der Waals surface area contributed by atoms with Gasteiger partial charge in [0.2, 0.25) is 0 Å². The molecule has 19 heavy (non-hydrogen) atoms. The maximum absolute atomic E-state index is 13.6. The van der Waals surface area contributed by atoms with E-state index in [1.807, 2.05) is 0 Å². The van der Waals surface area contributed by atoms with E-state index in [9.17, 15) is 13.6 Å².